The standard InChI is InChI=1S/C13H14BrN3/c1-3-9-8(2)16-13(17-12(9)15)10-6-4-5-7-11(10)14/h4-7H,3H2,1-2H3,(H2,15,16,17). The first-order valence-corrected chi connectivity index (χ1v) is 6.30. The van der Waals surface area contributed by atoms with Gasteiger partial charge in [-0.25, -0.2) is 9.97 Å². The summed E-state index contributed by atoms with van der Waals surface area (Å²) in [4.78, 5) is 8.89. The van der Waals surface area contributed by atoms with E-state index in [1.54, 1.807) is 0 Å². The summed E-state index contributed by atoms with van der Waals surface area (Å²) in [7, 11) is 0. The minimum atomic E-state index is 0.575. The van der Waals surface area contributed by atoms with Crippen molar-refractivity contribution in [2.45, 2.75) is 20.3 Å². The number of hydrogen-bond donors (Lipinski definition) is 1. The molecule has 0 aliphatic carbocycles. The highest BCUT2D eigenvalue weighted by Gasteiger charge is 2.10. The highest BCUT2D eigenvalue weighted by molar-refractivity contribution is 9.10. The fourth-order valence-corrected chi connectivity index (χ4v) is 2.28. The van der Waals surface area contributed by atoms with Crippen LogP contribution in [0.25, 0.3) is 11.4 Å². The van der Waals surface area contributed by atoms with E-state index in [-0.39, 0.29) is 0 Å². The molecule has 0 aliphatic rings. The second kappa shape index (κ2) is 4.84. The van der Waals surface area contributed by atoms with Crippen LogP contribution in [-0.4, -0.2) is 9.97 Å². The number of aromatic nitrogens is 2. The molecule has 3 nitrogen and oxygen atoms in total. The maximum absolute atomic E-state index is 5.95. The normalized spacial score (nSPS) is 10.5. The minimum Gasteiger partial charge on any atom is -0.383 e. The molecule has 0 saturated carbocycles. The predicted octanol–water partition coefficient (Wildman–Crippen LogP) is 3.36. The van der Waals surface area contributed by atoms with E-state index in [0.717, 1.165) is 27.7 Å². The predicted molar refractivity (Wildman–Crippen MR) is 73.7 cm³/mol. The Hall–Kier alpha value is -1.42. The molecule has 4 heteroatoms. The van der Waals surface area contributed by atoms with Gasteiger partial charge in [0.05, 0.1) is 0 Å². The van der Waals surface area contributed by atoms with Gasteiger partial charge in [-0.1, -0.05) is 41.1 Å². The van der Waals surface area contributed by atoms with Crippen molar-refractivity contribution in [2.24, 2.45) is 0 Å². The van der Waals surface area contributed by atoms with Crippen molar-refractivity contribution in [3.05, 3.63) is 40.0 Å². The van der Waals surface area contributed by atoms with Crippen LogP contribution in [0.1, 0.15) is 18.2 Å². The van der Waals surface area contributed by atoms with Gasteiger partial charge in [-0.3, -0.25) is 0 Å². The molecule has 0 aliphatic heterocycles. The third kappa shape index (κ3) is 2.31. The lowest BCUT2D eigenvalue weighted by atomic mass is 10.1. The van der Waals surface area contributed by atoms with Crippen molar-refractivity contribution >= 4 is 21.7 Å². The van der Waals surface area contributed by atoms with Crippen LogP contribution in [0.4, 0.5) is 5.82 Å². The average Bonchev–Trinajstić information content (AvgIpc) is 2.29. The average molecular weight is 292 g/mol. The molecule has 0 saturated heterocycles. The van der Waals surface area contributed by atoms with Gasteiger partial charge in [-0.15, -0.1) is 0 Å². The molecule has 0 unspecified atom stereocenters. The lowest BCUT2D eigenvalue weighted by Gasteiger charge is -2.09. The van der Waals surface area contributed by atoms with E-state index in [1.807, 2.05) is 31.2 Å². The topological polar surface area (TPSA) is 51.8 Å². The van der Waals surface area contributed by atoms with Crippen LogP contribution in [-0.2, 0) is 6.42 Å². The molecular formula is C13H14BrN3. The summed E-state index contributed by atoms with van der Waals surface area (Å²) in [5.41, 5.74) is 8.89. The lowest BCUT2D eigenvalue weighted by Crippen LogP contribution is -2.04. The highest BCUT2D eigenvalue weighted by atomic mass is 79.9. The third-order valence-corrected chi connectivity index (χ3v) is 3.41. The Morgan fingerprint density at radius 3 is 2.53 bits per heavy atom. The summed E-state index contributed by atoms with van der Waals surface area (Å²) < 4.78 is 0.975. The first-order chi connectivity index (χ1) is 8.13. The molecule has 0 atom stereocenters. The van der Waals surface area contributed by atoms with Gasteiger partial charge in [0, 0.05) is 21.3 Å². The molecule has 2 aromatic rings. The van der Waals surface area contributed by atoms with Crippen LogP contribution in [0.3, 0.4) is 0 Å². The minimum absolute atomic E-state index is 0.575. The van der Waals surface area contributed by atoms with Crippen molar-refractivity contribution in [3.63, 3.8) is 0 Å². The van der Waals surface area contributed by atoms with E-state index in [9.17, 15) is 0 Å². The van der Waals surface area contributed by atoms with Crippen molar-refractivity contribution in [3.8, 4) is 11.4 Å². The Morgan fingerprint density at radius 1 is 1.24 bits per heavy atom. The number of nitrogens with two attached hydrogens (primary N) is 1. The van der Waals surface area contributed by atoms with Gasteiger partial charge in [0.25, 0.3) is 0 Å². The number of nitrogen functional groups attached to an aromatic ring is 1. The summed E-state index contributed by atoms with van der Waals surface area (Å²) in [6, 6.07) is 7.87. The van der Waals surface area contributed by atoms with Gasteiger partial charge in [-0.2, -0.15) is 0 Å². The van der Waals surface area contributed by atoms with Crippen molar-refractivity contribution in [2.75, 3.05) is 5.73 Å². The summed E-state index contributed by atoms with van der Waals surface area (Å²) >= 11 is 3.50. The van der Waals surface area contributed by atoms with E-state index in [1.165, 1.54) is 0 Å². The summed E-state index contributed by atoms with van der Waals surface area (Å²) in [6.45, 7) is 4.03. The smallest absolute Gasteiger partial charge is 0.162 e. The second-order valence-electron chi connectivity index (χ2n) is 3.83. The zero-order valence-electron chi connectivity index (χ0n) is 9.87. The van der Waals surface area contributed by atoms with E-state index >= 15 is 0 Å². The monoisotopic (exact) mass is 291 g/mol. The van der Waals surface area contributed by atoms with Crippen molar-refractivity contribution in [1.29, 1.82) is 0 Å². The molecule has 88 valence electrons. The van der Waals surface area contributed by atoms with E-state index in [0.29, 0.717) is 11.6 Å². The molecule has 1 aromatic heterocycles. The fraction of sp³-hybridized carbons (Fsp3) is 0.231. The summed E-state index contributed by atoms with van der Waals surface area (Å²) in [5, 5.41) is 0. The van der Waals surface area contributed by atoms with Crippen LogP contribution in [0, 0.1) is 6.92 Å². The zero-order valence-corrected chi connectivity index (χ0v) is 11.5. The fourth-order valence-electron chi connectivity index (χ4n) is 1.82. The van der Waals surface area contributed by atoms with E-state index in [2.05, 4.69) is 32.8 Å². The van der Waals surface area contributed by atoms with Gasteiger partial charge in [0.1, 0.15) is 5.82 Å². The maximum atomic E-state index is 5.95. The van der Waals surface area contributed by atoms with Crippen LogP contribution >= 0.6 is 15.9 Å². The molecular weight excluding hydrogens is 278 g/mol. The molecule has 2 N–H and O–H groups in total. The van der Waals surface area contributed by atoms with Crippen LogP contribution in [0.15, 0.2) is 28.7 Å². The molecule has 17 heavy (non-hydrogen) atoms. The first kappa shape index (κ1) is 12.0. The Labute approximate surface area is 109 Å². The Morgan fingerprint density at radius 2 is 1.94 bits per heavy atom. The lowest BCUT2D eigenvalue weighted by molar-refractivity contribution is 1.01. The first-order valence-electron chi connectivity index (χ1n) is 5.51. The van der Waals surface area contributed by atoms with Gasteiger partial charge in [0.2, 0.25) is 0 Å². The number of benzene rings is 1. The van der Waals surface area contributed by atoms with Gasteiger partial charge in [0.15, 0.2) is 5.82 Å². The number of hydrogen-bond acceptors (Lipinski definition) is 3. The molecule has 0 amide bonds. The van der Waals surface area contributed by atoms with E-state index < -0.39 is 0 Å². The van der Waals surface area contributed by atoms with E-state index in [4.69, 9.17) is 5.73 Å². The van der Waals surface area contributed by atoms with Gasteiger partial charge in [-0.05, 0) is 19.4 Å². The second-order valence-corrected chi connectivity index (χ2v) is 4.68. The molecule has 1 aromatic carbocycles. The Balaban J connectivity index is 2.59. The SMILES string of the molecule is CCc1c(C)nc(-c2ccccc2Br)nc1N. The van der Waals surface area contributed by atoms with Gasteiger partial charge < -0.3 is 5.73 Å². The largest absolute Gasteiger partial charge is 0.383 e. The summed E-state index contributed by atoms with van der Waals surface area (Å²) in [5.74, 6) is 1.25. The molecule has 0 fully saturated rings. The van der Waals surface area contributed by atoms with Gasteiger partial charge >= 0.3 is 0 Å². The number of aryl methyl sites for hydroxylation is 1. The van der Waals surface area contributed by atoms with Crippen molar-refractivity contribution in [1.82, 2.24) is 9.97 Å². The van der Waals surface area contributed by atoms with Crippen LogP contribution < -0.4 is 5.73 Å². The quantitative estimate of drug-likeness (QED) is 0.923. The molecule has 0 radical (unpaired) electrons. The van der Waals surface area contributed by atoms with Crippen molar-refractivity contribution < 1.29 is 0 Å². The molecule has 0 spiro atoms. The number of rotatable bonds is 2. The maximum Gasteiger partial charge on any atom is 0.162 e. The zero-order chi connectivity index (χ0) is 12.4. The van der Waals surface area contributed by atoms with Crippen LogP contribution in [0.2, 0.25) is 0 Å². The molecule has 1 heterocycles. The molecule has 0 bridgehead atoms. The number of anilines is 1. The number of halogens is 1. The number of nitrogens with zero attached hydrogens (tertiary/aromatic N) is 2. The molecule has 2 rings (SSSR count). The summed E-state index contributed by atoms with van der Waals surface area (Å²) in [6.07, 6.45) is 0.855. The Kier molecular flexibility index (Phi) is 3.43. The third-order valence-electron chi connectivity index (χ3n) is 2.71. The van der Waals surface area contributed by atoms with Crippen LogP contribution in [0.5, 0.6) is 0 Å². The Bertz CT molecular complexity index is 529. The highest BCUT2D eigenvalue weighted by Crippen LogP contribution is 2.27.